The van der Waals surface area contributed by atoms with Crippen LogP contribution < -0.4 is 14.8 Å². The van der Waals surface area contributed by atoms with E-state index in [2.05, 4.69) is 10.5 Å². The minimum Gasteiger partial charge on any atom is -0.493 e. The lowest BCUT2D eigenvalue weighted by molar-refractivity contribution is -0.120. The molecule has 3 rings (SSSR count). The van der Waals surface area contributed by atoms with E-state index in [1.165, 1.54) is 0 Å². The number of rotatable bonds is 7. The van der Waals surface area contributed by atoms with E-state index in [0.717, 1.165) is 11.1 Å². The van der Waals surface area contributed by atoms with E-state index in [-0.39, 0.29) is 18.9 Å². The fourth-order valence-corrected chi connectivity index (χ4v) is 2.70. The van der Waals surface area contributed by atoms with E-state index in [4.69, 9.17) is 25.6 Å². The van der Waals surface area contributed by atoms with Gasteiger partial charge in [-0.3, -0.25) is 4.79 Å². The smallest absolute Gasteiger partial charge is 0.224 e. The minimum absolute atomic E-state index is 0.127. The maximum absolute atomic E-state index is 12.2. The monoisotopic (exact) mass is 386 g/mol. The lowest BCUT2D eigenvalue weighted by Crippen LogP contribution is -2.24. The molecule has 6 nitrogen and oxygen atoms in total. The molecule has 0 bridgehead atoms. The largest absolute Gasteiger partial charge is 0.493 e. The van der Waals surface area contributed by atoms with Crippen molar-refractivity contribution in [2.75, 3.05) is 14.2 Å². The van der Waals surface area contributed by atoms with Gasteiger partial charge in [-0.05, 0) is 42.0 Å². The van der Waals surface area contributed by atoms with Crippen molar-refractivity contribution < 1.29 is 18.8 Å². The molecule has 140 valence electrons. The van der Waals surface area contributed by atoms with Gasteiger partial charge in [0, 0.05) is 16.7 Å². The van der Waals surface area contributed by atoms with E-state index < -0.39 is 0 Å². The number of hydrogen-bond donors (Lipinski definition) is 1. The Hall–Kier alpha value is -2.99. The van der Waals surface area contributed by atoms with Crippen LogP contribution in [0.15, 0.2) is 53.1 Å². The Labute approximate surface area is 162 Å². The van der Waals surface area contributed by atoms with Crippen LogP contribution in [0, 0.1) is 0 Å². The second kappa shape index (κ2) is 8.60. The fourth-order valence-electron chi connectivity index (χ4n) is 2.57. The molecule has 0 radical (unpaired) electrons. The molecule has 0 unspecified atom stereocenters. The third-order valence-electron chi connectivity index (χ3n) is 3.97. The second-order valence-electron chi connectivity index (χ2n) is 5.83. The van der Waals surface area contributed by atoms with Crippen LogP contribution in [0.2, 0.25) is 5.02 Å². The number of hydrogen-bond acceptors (Lipinski definition) is 5. The van der Waals surface area contributed by atoms with Gasteiger partial charge < -0.3 is 19.3 Å². The van der Waals surface area contributed by atoms with Crippen LogP contribution in [-0.2, 0) is 17.8 Å². The molecule has 1 amide bonds. The molecular weight excluding hydrogens is 368 g/mol. The summed E-state index contributed by atoms with van der Waals surface area (Å²) in [6.45, 7) is 0.281. The van der Waals surface area contributed by atoms with E-state index >= 15 is 0 Å². The molecule has 0 spiro atoms. The first kappa shape index (κ1) is 18.8. The summed E-state index contributed by atoms with van der Waals surface area (Å²) in [4.78, 5) is 12.2. The van der Waals surface area contributed by atoms with E-state index in [0.29, 0.717) is 28.0 Å². The van der Waals surface area contributed by atoms with Crippen molar-refractivity contribution in [3.8, 4) is 22.8 Å². The van der Waals surface area contributed by atoms with Crippen molar-refractivity contribution in [3.63, 3.8) is 0 Å². The molecule has 0 aliphatic rings. The topological polar surface area (TPSA) is 73.6 Å². The summed E-state index contributed by atoms with van der Waals surface area (Å²) in [5.41, 5.74) is 2.34. The second-order valence-corrected chi connectivity index (χ2v) is 6.27. The Morgan fingerprint density at radius 1 is 1.07 bits per heavy atom. The zero-order valence-corrected chi connectivity index (χ0v) is 15.7. The van der Waals surface area contributed by atoms with Gasteiger partial charge in [-0.25, -0.2) is 0 Å². The molecular formula is C20H19ClN2O4. The molecule has 2 aromatic carbocycles. The summed E-state index contributed by atoms with van der Waals surface area (Å²) >= 11 is 5.88. The molecule has 27 heavy (non-hydrogen) atoms. The number of ether oxygens (including phenoxy) is 2. The van der Waals surface area contributed by atoms with Gasteiger partial charge in [-0.1, -0.05) is 22.8 Å². The standard InChI is InChI=1S/C20H19ClN2O4/c1-25-17-8-3-13(9-19(17)26-2)10-20(24)22-12-16-11-18(27-23-16)14-4-6-15(21)7-5-14/h3-9,11H,10,12H2,1-2H3,(H,22,24). The summed E-state index contributed by atoms with van der Waals surface area (Å²) < 4.78 is 15.8. The summed E-state index contributed by atoms with van der Waals surface area (Å²) in [6, 6.07) is 14.4. The zero-order valence-electron chi connectivity index (χ0n) is 15.0. The van der Waals surface area contributed by atoms with E-state index in [1.807, 2.05) is 18.2 Å². The van der Waals surface area contributed by atoms with Gasteiger partial charge in [0.2, 0.25) is 5.91 Å². The van der Waals surface area contributed by atoms with Gasteiger partial charge in [0.15, 0.2) is 17.3 Å². The van der Waals surface area contributed by atoms with E-state index in [1.54, 1.807) is 44.6 Å². The molecule has 0 aliphatic carbocycles. The van der Waals surface area contributed by atoms with Crippen LogP contribution >= 0.6 is 11.6 Å². The number of carbonyl (C=O) groups excluding carboxylic acids is 1. The van der Waals surface area contributed by atoms with E-state index in [9.17, 15) is 4.79 Å². The lowest BCUT2D eigenvalue weighted by atomic mass is 10.1. The van der Waals surface area contributed by atoms with Crippen molar-refractivity contribution in [1.29, 1.82) is 0 Å². The molecule has 3 aromatic rings. The van der Waals surface area contributed by atoms with Gasteiger partial charge in [0.25, 0.3) is 0 Å². The van der Waals surface area contributed by atoms with Crippen molar-refractivity contribution in [2.45, 2.75) is 13.0 Å². The molecule has 1 heterocycles. The number of carbonyl (C=O) groups is 1. The fraction of sp³-hybridized carbons (Fsp3) is 0.200. The lowest BCUT2D eigenvalue weighted by Gasteiger charge is -2.09. The Kier molecular flexibility index (Phi) is 5.98. The predicted molar refractivity (Wildman–Crippen MR) is 102 cm³/mol. The van der Waals surface area contributed by atoms with Crippen LogP contribution in [0.4, 0.5) is 0 Å². The highest BCUT2D eigenvalue weighted by Crippen LogP contribution is 2.27. The molecule has 0 saturated heterocycles. The van der Waals surface area contributed by atoms with Crippen molar-refractivity contribution >= 4 is 17.5 Å². The van der Waals surface area contributed by atoms with Crippen molar-refractivity contribution in [1.82, 2.24) is 10.5 Å². The third-order valence-corrected chi connectivity index (χ3v) is 4.22. The Balaban J connectivity index is 1.57. The maximum atomic E-state index is 12.2. The minimum atomic E-state index is -0.127. The van der Waals surface area contributed by atoms with Crippen LogP contribution in [0.25, 0.3) is 11.3 Å². The molecule has 1 N–H and O–H groups in total. The summed E-state index contributed by atoms with van der Waals surface area (Å²) in [5.74, 6) is 1.71. The van der Waals surface area contributed by atoms with Gasteiger partial charge >= 0.3 is 0 Å². The van der Waals surface area contributed by atoms with Crippen molar-refractivity contribution in [2.24, 2.45) is 0 Å². The molecule has 7 heteroatoms. The first-order chi connectivity index (χ1) is 13.1. The third kappa shape index (κ3) is 4.80. The van der Waals surface area contributed by atoms with Gasteiger partial charge in [0.1, 0.15) is 5.69 Å². The predicted octanol–water partition coefficient (Wildman–Crippen LogP) is 3.87. The highest BCUT2D eigenvalue weighted by molar-refractivity contribution is 6.30. The number of benzene rings is 2. The van der Waals surface area contributed by atoms with Gasteiger partial charge in [-0.2, -0.15) is 0 Å². The van der Waals surface area contributed by atoms with Crippen LogP contribution in [0.3, 0.4) is 0 Å². The Morgan fingerprint density at radius 3 is 2.52 bits per heavy atom. The van der Waals surface area contributed by atoms with Gasteiger partial charge in [-0.15, -0.1) is 0 Å². The first-order valence-electron chi connectivity index (χ1n) is 8.28. The highest BCUT2D eigenvalue weighted by atomic mass is 35.5. The maximum Gasteiger partial charge on any atom is 0.224 e. The average Bonchev–Trinajstić information content (AvgIpc) is 3.16. The van der Waals surface area contributed by atoms with Crippen LogP contribution in [-0.4, -0.2) is 25.3 Å². The summed E-state index contributed by atoms with van der Waals surface area (Å²) in [5, 5.41) is 7.47. The average molecular weight is 387 g/mol. The summed E-state index contributed by atoms with van der Waals surface area (Å²) in [6.07, 6.45) is 0.224. The molecule has 0 fully saturated rings. The normalized spacial score (nSPS) is 10.5. The number of halogens is 1. The van der Waals surface area contributed by atoms with Gasteiger partial charge in [0.05, 0.1) is 27.2 Å². The Morgan fingerprint density at radius 2 is 1.81 bits per heavy atom. The quantitative estimate of drug-likeness (QED) is 0.667. The number of methoxy groups -OCH3 is 2. The number of aromatic nitrogens is 1. The highest BCUT2D eigenvalue weighted by Gasteiger charge is 2.11. The van der Waals surface area contributed by atoms with Crippen LogP contribution in [0.5, 0.6) is 11.5 Å². The molecule has 0 atom stereocenters. The molecule has 1 aromatic heterocycles. The number of amides is 1. The van der Waals surface area contributed by atoms with Crippen LogP contribution in [0.1, 0.15) is 11.3 Å². The first-order valence-corrected chi connectivity index (χ1v) is 8.66. The summed E-state index contributed by atoms with van der Waals surface area (Å²) in [7, 11) is 3.13. The molecule has 0 saturated carbocycles. The Bertz CT molecular complexity index is 922. The molecule has 0 aliphatic heterocycles. The van der Waals surface area contributed by atoms with Crippen molar-refractivity contribution in [3.05, 3.63) is 64.8 Å². The SMILES string of the molecule is COc1ccc(CC(=O)NCc2cc(-c3ccc(Cl)cc3)on2)cc1OC. The number of nitrogens with one attached hydrogen (secondary N) is 1. The number of nitrogens with zero attached hydrogens (tertiary/aromatic N) is 1. The zero-order chi connectivity index (χ0) is 19.2.